The minimum absolute atomic E-state index is 0.264. The Morgan fingerprint density at radius 1 is 1.04 bits per heavy atom. The van der Waals surface area contributed by atoms with Gasteiger partial charge in [0.2, 0.25) is 8.32 Å². The first-order valence-electron chi connectivity index (χ1n) is 11.3. The molecule has 5 heteroatoms. The molecule has 27 heavy (non-hydrogen) atoms. The lowest BCUT2D eigenvalue weighted by molar-refractivity contribution is -0.0730. The van der Waals surface area contributed by atoms with Crippen LogP contribution in [0.1, 0.15) is 92.9 Å². The van der Waals surface area contributed by atoms with Crippen molar-refractivity contribution in [2.24, 2.45) is 0 Å². The van der Waals surface area contributed by atoms with Crippen molar-refractivity contribution >= 4 is 8.32 Å². The highest BCUT2D eigenvalue weighted by atomic mass is 28.4. The van der Waals surface area contributed by atoms with Gasteiger partial charge in [0.1, 0.15) is 6.10 Å². The second-order valence-electron chi connectivity index (χ2n) is 9.94. The minimum Gasteiger partial charge on any atom is -0.410 e. The summed E-state index contributed by atoms with van der Waals surface area (Å²) in [5.41, 5.74) is 0.505. The summed E-state index contributed by atoms with van der Waals surface area (Å²) in [4.78, 5) is 0. The van der Waals surface area contributed by atoms with E-state index in [1.807, 2.05) is 0 Å². The molecule has 0 aromatic carbocycles. The lowest BCUT2D eigenvalue weighted by atomic mass is 9.98. The van der Waals surface area contributed by atoms with Crippen LogP contribution < -0.4 is 0 Å². The van der Waals surface area contributed by atoms with Crippen molar-refractivity contribution in [3.63, 3.8) is 0 Å². The Hall–Kier alpha value is 0.0569. The molecule has 0 radical (unpaired) electrons. The van der Waals surface area contributed by atoms with Crippen molar-refractivity contribution in [1.29, 1.82) is 0 Å². The van der Waals surface area contributed by atoms with Crippen LogP contribution in [-0.2, 0) is 9.16 Å². The third kappa shape index (κ3) is 5.56. The monoisotopic (exact) mass is 400 g/mol. The highest BCUT2D eigenvalue weighted by molar-refractivity contribution is 6.77. The molecule has 0 aromatic rings. The molecule has 1 aliphatic heterocycles. The molecular formula is C22H44O4Si. The first-order chi connectivity index (χ1) is 12.6. The maximum atomic E-state index is 11.0. The Labute approximate surface area is 168 Å². The van der Waals surface area contributed by atoms with Gasteiger partial charge >= 0.3 is 0 Å². The van der Waals surface area contributed by atoms with E-state index in [1.54, 1.807) is 0 Å². The molecular weight excluding hydrogens is 356 g/mol. The third-order valence-electron chi connectivity index (χ3n) is 7.02. The lowest BCUT2D eigenvalue weighted by Gasteiger charge is -2.46. The number of hydrogen-bond donors (Lipinski definition) is 2. The number of aliphatic hydroxyl groups is 2. The Kier molecular flexibility index (Phi) is 8.39. The van der Waals surface area contributed by atoms with Gasteiger partial charge in [0, 0.05) is 6.61 Å². The standard InChI is InChI=1S/C22H44O4Si/c1-16(2)27(17(3)4,18(5)6)26-20(21(23)22(24)13-14-22)12-9-11-19-10-7-8-15-25-19/h16-21,23-24H,7-15H2,1-6H3/t19?,20-,21+/m1/s1. The van der Waals surface area contributed by atoms with Crippen molar-refractivity contribution in [3.05, 3.63) is 0 Å². The molecule has 0 bridgehead atoms. The van der Waals surface area contributed by atoms with Crippen molar-refractivity contribution in [2.45, 2.75) is 133 Å². The van der Waals surface area contributed by atoms with Crippen molar-refractivity contribution in [1.82, 2.24) is 0 Å². The predicted octanol–water partition coefficient (Wildman–Crippen LogP) is 5.17. The quantitative estimate of drug-likeness (QED) is 0.470. The Balaban J connectivity index is 2.08. The van der Waals surface area contributed by atoms with Gasteiger partial charge < -0.3 is 19.4 Å². The average Bonchev–Trinajstić information content (AvgIpc) is 3.36. The van der Waals surface area contributed by atoms with E-state index < -0.39 is 20.0 Å². The molecule has 4 nitrogen and oxygen atoms in total. The largest absolute Gasteiger partial charge is 0.410 e. The Morgan fingerprint density at radius 3 is 2.07 bits per heavy atom. The fraction of sp³-hybridized carbons (Fsp3) is 1.00. The van der Waals surface area contributed by atoms with Crippen LogP contribution in [0.5, 0.6) is 0 Å². The van der Waals surface area contributed by atoms with Crippen molar-refractivity contribution in [3.8, 4) is 0 Å². The summed E-state index contributed by atoms with van der Waals surface area (Å²) in [6.45, 7) is 14.5. The summed E-state index contributed by atoms with van der Waals surface area (Å²) in [6.07, 6.45) is 7.14. The molecule has 0 spiro atoms. The molecule has 1 saturated heterocycles. The van der Waals surface area contributed by atoms with Crippen LogP contribution in [0.3, 0.4) is 0 Å². The number of hydrogen-bond acceptors (Lipinski definition) is 4. The van der Waals surface area contributed by atoms with E-state index >= 15 is 0 Å². The zero-order valence-electron chi connectivity index (χ0n) is 18.5. The normalized spacial score (nSPS) is 25.2. The van der Waals surface area contributed by atoms with Crippen LogP contribution in [-0.4, -0.2) is 49.1 Å². The molecule has 1 unspecified atom stereocenters. The molecule has 1 saturated carbocycles. The minimum atomic E-state index is -2.10. The molecule has 160 valence electrons. The summed E-state index contributed by atoms with van der Waals surface area (Å²) < 4.78 is 12.8. The van der Waals surface area contributed by atoms with E-state index in [-0.39, 0.29) is 6.10 Å². The predicted molar refractivity (Wildman–Crippen MR) is 114 cm³/mol. The van der Waals surface area contributed by atoms with Crippen LogP contribution in [0.4, 0.5) is 0 Å². The molecule has 2 N–H and O–H groups in total. The van der Waals surface area contributed by atoms with Crippen LogP contribution in [0.15, 0.2) is 0 Å². The first-order valence-corrected chi connectivity index (χ1v) is 13.5. The van der Waals surface area contributed by atoms with Gasteiger partial charge in [-0.2, -0.15) is 0 Å². The number of aliphatic hydroxyl groups excluding tert-OH is 1. The van der Waals surface area contributed by atoms with E-state index in [2.05, 4.69) is 41.5 Å². The summed E-state index contributed by atoms with van der Waals surface area (Å²) >= 11 is 0. The van der Waals surface area contributed by atoms with Crippen LogP contribution in [0.25, 0.3) is 0 Å². The molecule has 0 amide bonds. The maximum Gasteiger partial charge on any atom is 0.200 e. The van der Waals surface area contributed by atoms with E-state index in [1.165, 1.54) is 12.8 Å². The SMILES string of the molecule is CC(C)[Si](O[C@H](CCCC1CCCCO1)[C@H](O)C1(O)CC1)(C(C)C)C(C)C. The van der Waals surface area contributed by atoms with Gasteiger partial charge in [-0.05, 0) is 68.0 Å². The third-order valence-corrected chi connectivity index (χ3v) is 13.1. The summed E-state index contributed by atoms with van der Waals surface area (Å²) in [5, 5.41) is 21.6. The van der Waals surface area contributed by atoms with Gasteiger partial charge in [-0.25, -0.2) is 0 Å². The van der Waals surface area contributed by atoms with Gasteiger partial charge in [0.05, 0.1) is 17.8 Å². The second kappa shape index (κ2) is 9.71. The molecule has 3 atom stereocenters. The fourth-order valence-electron chi connectivity index (χ4n) is 5.30. The van der Waals surface area contributed by atoms with E-state index in [0.29, 0.717) is 35.6 Å². The highest BCUT2D eigenvalue weighted by Crippen LogP contribution is 2.47. The van der Waals surface area contributed by atoms with Crippen LogP contribution in [0.2, 0.25) is 16.6 Å². The summed E-state index contributed by atoms with van der Waals surface area (Å²) in [6, 6.07) is 0. The summed E-state index contributed by atoms with van der Waals surface area (Å²) in [5.74, 6) is 0. The molecule has 1 aliphatic carbocycles. The Bertz CT molecular complexity index is 420. The molecule has 0 aromatic heterocycles. The van der Waals surface area contributed by atoms with E-state index in [9.17, 15) is 10.2 Å². The first kappa shape index (κ1) is 23.3. The highest BCUT2D eigenvalue weighted by Gasteiger charge is 2.54. The van der Waals surface area contributed by atoms with Gasteiger partial charge in [-0.3, -0.25) is 0 Å². The average molecular weight is 401 g/mol. The van der Waals surface area contributed by atoms with Gasteiger partial charge in [-0.1, -0.05) is 41.5 Å². The zero-order chi connectivity index (χ0) is 20.2. The number of rotatable bonds is 11. The van der Waals surface area contributed by atoms with Crippen molar-refractivity contribution < 1.29 is 19.4 Å². The molecule has 1 heterocycles. The maximum absolute atomic E-state index is 11.0. The fourth-order valence-corrected chi connectivity index (χ4v) is 10.9. The lowest BCUT2D eigenvalue weighted by Crippen LogP contribution is -2.54. The zero-order valence-corrected chi connectivity index (χ0v) is 19.5. The van der Waals surface area contributed by atoms with E-state index in [4.69, 9.17) is 9.16 Å². The second-order valence-corrected chi connectivity index (χ2v) is 15.3. The van der Waals surface area contributed by atoms with Gasteiger partial charge in [-0.15, -0.1) is 0 Å². The van der Waals surface area contributed by atoms with Crippen molar-refractivity contribution in [2.75, 3.05) is 6.61 Å². The van der Waals surface area contributed by atoms with E-state index in [0.717, 1.165) is 32.3 Å². The summed E-state index contributed by atoms with van der Waals surface area (Å²) in [7, 11) is -2.10. The topological polar surface area (TPSA) is 58.9 Å². The molecule has 2 aliphatic rings. The van der Waals surface area contributed by atoms with Crippen LogP contribution in [0, 0.1) is 0 Å². The molecule has 2 fully saturated rings. The number of ether oxygens (including phenoxy) is 1. The van der Waals surface area contributed by atoms with Gasteiger partial charge in [0.15, 0.2) is 0 Å². The molecule has 2 rings (SSSR count). The van der Waals surface area contributed by atoms with Gasteiger partial charge in [0.25, 0.3) is 0 Å². The smallest absolute Gasteiger partial charge is 0.200 e. The Morgan fingerprint density at radius 2 is 1.63 bits per heavy atom. The van der Waals surface area contributed by atoms with Crippen LogP contribution >= 0.6 is 0 Å².